The second kappa shape index (κ2) is 6.12. The summed E-state index contributed by atoms with van der Waals surface area (Å²) in [7, 11) is 2.24. The third-order valence-electron chi connectivity index (χ3n) is 3.94. The maximum absolute atomic E-state index is 4.92. The fraction of sp³-hybridized carbons (Fsp3) is 0.786. The highest BCUT2D eigenvalue weighted by molar-refractivity contribution is 7.99. The molecular formula is C14H23N3S2. The molecule has 0 spiro atoms. The van der Waals surface area contributed by atoms with Gasteiger partial charge in [-0.05, 0) is 26.3 Å². The molecule has 1 unspecified atom stereocenters. The van der Waals surface area contributed by atoms with Crippen molar-refractivity contribution in [2.45, 2.75) is 44.8 Å². The average Bonchev–Trinajstić information content (AvgIpc) is 3.16. The van der Waals surface area contributed by atoms with E-state index >= 15 is 0 Å². The molecule has 1 aliphatic heterocycles. The molecule has 2 aliphatic rings. The molecule has 5 heteroatoms. The molecule has 1 atom stereocenters. The summed E-state index contributed by atoms with van der Waals surface area (Å²) in [6.07, 6.45) is 3.77. The fourth-order valence-electron chi connectivity index (χ4n) is 2.43. The van der Waals surface area contributed by atoms with Crippen LogP contribution >= 0.6 is 23.1 Å². The van der Waals surface area contributed by atoms with Crippen LogP contribution in [0.4, 0.5) is 0 Å². The van der Waals surface area contributed by atoms with Crippen LogP contribution < -0.4 is 5.32 Å². The first-order valence-corrected chi connectivity index (χ1v) is 9.25. The molecule has 19 heavy (non-hydrogen) atoms. The first-order chi connectivity index (χ1) is 9.28. The Bertz CT molecular complexity index is 428. The lowest BCUT2D eigenvalue weighted by Crippen LogP contribution is -2.32. The third-order valence-corrected chi connectivity index (χ3v) is 6.16. The summed E-state index contributed by atoms with van der Waals surface area (Å²) in [4.78, 5) is 8.86. The Morgan fingerprint density at radius 3 is 2.95 bits per heavy atom. The van der Waals surface area contributed by atoms with Gasteiger partial charge in [-0.15, -0.1) is 11.3 Å². The lowest BCUT2D eigenvalue weighted by molar-refractivity contribution is 0.274. The Hall–Kier alpha value is -0.100. The second-order valence-electron chi connectivity index (χ2n) is 5.50. The van der Waals surface area contributed by atoms with Crippen LogP contribution in [0.15, 0.2) is 0 Å². The number of rotatable bonds is 5. The lowest BCUT2D eigenvalue weighted by atomic mass is 10.2. The summed E-state index contributed by atoms with van der Waals surface area (Å²) in [6.45, 7) is 4.43. The molecule has 1 aromatic rings. The second-order valence-corrected chi connectivity index (χ2v) is 7.77. The van der Waals surface area contributed by atoms with Crippen molar-refractivity contribution < 1.29 is 0 Å². The molecule has 1 aliphatic carbocycles. The van der Waals surface area contributed by atoms with E-state index in [0.717, 1.165) is 19.0 Å². The van der Waals surface area contributed by atoms with Crippen molar-refractivity contribution in [2.24, 2.45) is 0 Å². The van der Waals surface area contributed by atoms with E-state index in [0.29, 0.717) is 6.04 Å². The maximum Gasteiger partial charge on any atom is 0.111 e. The summed E-state index contributed by atoms with van der Waals surface area (Å²) in [5.41, 5.74) is 1.32. The summed E-state index contributed by atoms with van der Waals surface area (Å²) >= 11 is 4.00. The Kier molecular flexibility index (Phi) is 4.47. The van der Waals surface area contributed by atoms with E-state index in [1.807, 2.05) is 11.3 Å². The number of aryl methyl sites for hydroxylation is 1. The van der Waals surface area contributed by atoms with Gasteiger partial charge in [0.05, 0.1) is 11.7 Å². The van der Waals surface area contributed by atoms with Crippen LogP contribution in [0, 0.1) is 0 Å². The summed E-state index contributed by atoms with van der Waals surface area (Å²) in [6, 6.07) is 1.31. The SMILES string of the molecule is CCc1nc(C2CSCCN2C)sc1CNC1CC1. The summed E-state index contributed by atoms with van der Waals surface area (Å²) in [5.74, 6) is 2.46. The maximum atomic E-state index is 4.92. The molecule has 0 amide bonds. The molecule has 3 rings (SSSR count). The Balaban J connectivity index is 1.73. The molecular weight excluding hydrogens is 274 g/mol. The number of thiazole rings is 1. The molecule has 2 fully saturated rings. The van der Waals surface area contributed by atoms with Crippen molar-refractivity contribution in [2.75, 3.05) is 25.1 Å². The van der Waals surface area contributed by atoms with E-state index in [1.54, 1.807) is 0 Å². The molecule has 1 saturated carbocycles. The first kappa shape index (κ1) is 13.9. The molecule has 0 radical (unpaired) electrons. The normalized spacial score (nSPS) is 24.8. The summed E-state index contributed by atoms with van der Waals surface area (Å²) < 4.78 is 0. The minimum atomic E-state index is 0.531. The standard InChI is InChI=1S/C14H23N3S2/c1-3-11-13(8-15-10-4-5-10)19-14(16-11)12-9-18-7-6-17(12)2/h10,12,15H,3-9H2,1-2H3. The number of nitrogens with one attached hydrogen (secondary N) is 1. The van der Waals surface area contributed by atoms with E-state index in [-0.39, 0.29) is 0 Å². The molecule has 1 saturated heterocycles. The number of hydrogen-bond donors (Lipinski definition) is 1. The number of nitrogens with zero attached hydrogens (tertiary/aromatic N) is 2. The van der Waals surface area contributed by atoms with Crippen LogP contribution in [0.2, 0.25) is 0 Å². The van der Waals surface area contributed by atoms with Crippen LogP contribution in [0.25, 0.3) is 0 Å². The minimum absolute atomic E-state index is 0.531. The van der Waals surface area contributed by atoms with Gasteiger partial charge in [-0.2, -0.15) is 11.8 Å². The topological polar surface area (TPSA) is 28.2 Å². The Morgan fingerprint density at radius 1 is 1.42 bits per heavy atom. The molecule has 106 valence electrons. The predicted octanol–water partition coefficient (Wildman–Crippen LogP) is 2.68. The van der Waals surface area contributed by atoms with Crippen molar-refractivity contribution in [3.63, 3.8) is 0 Å². The van der Waals surface area contributed by atoms with Gasteiger partial charge in [0.1, 0.15) is 5.01 Å². The highest BCUT2D eigenvalue weighted by atomic mass is 32.2. The molecule has 0 bridgehead atoms. The van der Waals surface area contributed by atoms with Crippen molar-refractivity contribution in [1.82, 2.24) is 15.2 Å². The van der Waals surface area contributed by atoms with E-state index in [1.165, 1.54) is 46.5 Å². The quantitative estimate of drug-likeness (QED) is 0.904. The van der Waals surface area contributed by atoms with Crippen LogP contribution in [-0.2, 0) is 13.0 Å². The van der Waals surface area contributed by atoms with Gasteiger partial charge in [-0.25, -0.2) is 4.98 Å². The highest BCUT2D eigenvalue weighted by Gasteiger charge is 2.26. The molecule has 1 N–H and O–H groups in total. The van der Waals surface area contributed by atoms with Crippen LogP contribution in [-0.4, -0.2) is 41.0 Å². The van der Waals surface area contributed by atoms with Crippen LogP contribution in [0.1, 0.15) is 41.4 Å². The van der Waals surface area contributed by atoms with Gasteiger partial charge < -0.3 is 5.32 Å². The minimum Gasteiger partial charge on any atom is -0.309 e. The van der Waals surface area contributed by atoms with Crippen molar-refractivity contribution in [1.29, 1.82) is 0 Å². The molecule has 2 heterocycles. The Morgan fingerprint density at radius 2 is 2.26 bits per heavy atom. The van der Waals surface area contributed by atoms with Gasteiger partial charge in [-0.3, -0.25) is 4.90 Å². The fourth-order valence-corrected chi connectivity index (χ4v) is 5.03. The number of thioether (sulfide) groups is 1. The van der Waals surface area contributed by atoms with Gasteiger partial charge in [0.15, 0.2) is 0 Å². The van der Waals surface area contributed by atoms with Crippen molar-refractivity contribution in [3.8, 4) is 0 Å². The monoisotopic (exact) mass is 297 g/mol. The zero-order chi connectivity index (χ0) is 13.2. The highest BCUT2D eigenvalue weighted by Crippen LogP contribution is 2.33. The van der Waals surface area contributed by atoms with E-state index in [4.69, 9.17) is 4.98 Å². The van der Waals surface area contributed by atoms with Gasteiger partial charge in [0.2, 0.25) is 0 Å². The largest absolute Gasteiger partial charge is 0.309 e. The smallest absolute Gasteiger partial charge is 0.111 e. The first-order valence-electron chi connectivity index (χ1n) is 7.27. The van der Waals surface area contributed by atoms with E-state index in [2.05, 4.69) is 35.9 Å². The molecule has 1 aromatic heterocycles. The van der Waals surface area contributed by atoms with E-state index in [9.17, 15) is 0 Å². The van der Waals surface area contributed by atoms with Crippen LogP contribution in [0.3, 0.4) is 0 Å². The van der Waals surface area contributed by atoms with Gasteiger partial charge in [0.25, 0.3) is 0 Å². The molecule has 3 nitrogen and oxygen atoms in total. The third kappa shape index (κ3) is 3.32. The lowest BCUT2D eigenvalue weighted by Gasteiger charge is -2.30. The number of aromatic nitrogens is 1. The molecule has 0 aromatic carbocycles. The predicted molar refractivity (Wildman–Crippen MR) is 84.0 cm³/mol. The van der Waals surface area contributed by atoms with Crippen LogP contribution in [0.5, 0.6) is 0 Å². The van der Waals surface area contributed by atoms with E-state index < -0.39 is 0 Å². The zero-order valence-electron chi connectivity index (χ0n) is 11.8. The summed E-state index contributed by atoms with van der Waals surface area (Å²) in [5, 5.41) is 4.96. The number of hydrogen-bond acceptors (Lipinski definition) is 5. The average molecular weight is 297 g/mol. The van der Waals surface area contributed by atoms with Crippen molar-refractivity contribution in [3.05, 3.63) is 15.6 Å². The Labute approximate surface area is 124 Å². The zero-order valence-corrected chi connectivity index (χ0v) is 13.4. The van der Waals surface area contributed by atoms with Gasteiger partial charge >= 0.3 is 0 Å². The van der Waals surface area contributed by atoms with Gasteiger partial charge in [0, 0.05) is 35.5 Å². The van der Waals surface area contributed by atoms with Gasteiger partial charge in [-0.1, -0.05) is 6.92 Å². The van der Waals surface area contributed by atoms with Crippen molar-refractivity contribution >= 4 is 23.1 Å².